The second kappa shape index (κ2) is 5.75. The molecule has 1 aliphatic carbocycles. The number of hydrogen-bond acceptors (Lipinski definition) is 3. The fourth-order valence-electron chi connectivity index (χ4n) is 3.03. The van der Waals surface area contributed by atoms with Gasteiger partial charge in [-0.05, 0) is 31.9 Å². The fourth-order valence-corrected chi connectivity index (χ4v) is 3.03. The molecule has 0 spiro atoms. The molecule has 1 aliphatic rings. The first-order chi connectivity index (χ1) is 10.6. The van der Waals surface area contributed by atoms with Gasteiger partial charge in [-0.25, -0.2) is 4.79 Å². The van der Waals surface area contributed by atoms with Gasteiger partial charge in [0.2, 0.25) is 0 Å². The Bertz CT molecular complexity index is 812. The van der Waals surface area contributed by atoms with Crippen molar-refractivity contribution in [2.75, 3.05) is 0 Å². The Morgan fingerprint density at radius 2 is 1.73 bits per heavy atom. The number of aromatic nitrogens is 2. The zero-order valence-electron chi connectivity index (χ0n) is 12.5. The van der Waals surface area contributed by atoms with Crippen LogP contribution in [0.15, 0.2) is 46.1 Å². The average Bonchev–Trinajstić information content (AvgIpc) is 3.06. The van der Waals surface area contributed by atoms with Gasteiger partial charge >= 0.3 is 5.69 Å². The number of rotatable bonds is 2. The normalized spacial score (nSPS) is 15.1. The summed E-state index contributed by atoms with van der Waals surface area (Å²) in [6.07, 6.45) is 5.56. The van der Waals surface area contributed by atoms with Gasteiger partial charge in [0, 0.05) is 23.4 Å². The summed E-state index contributed by atoms with van der Waals surface area (Å²) in [7, 11) is 0. The lowest BCUT2D eigenvalue weighted by molar-refractivity contribution is 0.0947. The van der Waals surface area contributed by atoms with Gasteiger partial charge in [0.25, 0.3) is 11.5 Å². The molecule has 1 saturated carbocycles. The van der Waals surface area contributed by atoms with E-state index in [1.54, 1.807) is 48.0 Å². The number of carbonyl (C=O) groups excluding carboxylic acids is 1. The van der Waals surface area contributed by atoms with Crippen LogP contribution in [0.2, 0.25) is 0 Å². The Balaban J connectivity index is 2.17. The summed E-state index contributed by atoms with van der Waals surface area (Å²) in [5, 5.41) is 0. The van der Waals surface area contributed by atoms with Crippen LogP contribution >= 0.6 is 0 Å². The molecular formula is C17H18N2O3. The molecule has 5 heteroatoms. The molecule has 22 heavy (non-hydrogen) atoms. The Morgan fingerprint density at radius 3 is 2.36 bits per heavy atom. The molecule has 5 nitrogen and oxygen atoms in total. The molecule has 1 aromatic heterocycles. The molecule has 1 heterocycles. The number of aryl methyl sites for hydroxylation is 1. The van der Waals surface area contributed by atoms with Gasteiger partial charge in [-0.1, -0.05) is 31.0 Å². The highest BCUT2D eigenvalue weighted by Crippen LogP contribution is 2.27. The van der Waals surface area contributed by atoms with E-state index in [0.717, 1.165) is 30.3 Å². The van der Waals surface area contributed by atoms with E-state index in [4.69, 9.17) is 0 Å². The molecule has 1 fully saturated rings. The van der Waals surface area contributed by atoms with Crippen LogP contribution < -0.4 is 11.2 Å². The maximum Gasteiger partial charge on any atom is 0.338 e. The van der Waals surface area contributed by atoms with Crippen molar-refractivity contribution in [3.8, 4) is 0 Å². The summed E-state index contributed by atoms with van der Waals surface area (Å²) in [4.78, 5) is 37.5. The van der Waals surface area contributed by atoms with Gasteiger partial charge in [0.1, 0.15) is 0 Å². The Labute approximate surface area is 127 Å². The van der Waals surface area contributed by atoms with Crippen molar-refractivity contribution in [3.05, 3.63) is 68.5 Å². The van der Waals surface area contributed by atoms with Crippen molar-refractivity contribution >= 4 is 5.91 Å². The van der Waals surface area contributed by atoms with Crippen molar-refractivity contribution in [2.45, 2.75) is 38.6 Å². The summed E-state index contributed by atoms with van der Waals surface area (Å²) in [6, 6.07) is 8.51. The zero-order valence-corrected chi connectivity index (χ0v) is 12.5. The molecule has 2 aromatic rings. The van der Waals surface area contributed by atoms with Crippen LogP contribution in [-0.4, -0.2) is 15.0 Å². The smallest absolute Gasteiger partial charge is 0.297 e. The van der Waals surface area contributed by atoms with Crippen LogP contribution in [0.1, 0.15) is 47.6 Å². The maximum absolute atomic E-state index is 12.6. The first kappa shape index (κ1) is 14.5. The number of nitrogens with zero attached hydrogens (tertiary/aromatic N) is 2. The highest BCUT2D eigenvalue weighted by atomic mass is 16.2. The van der Waals surface area contributed by atoms with Crippen molar-refractivity contribution in [2.24, 2.45) is 0 Å². The molecule has 3 rings (SSSR count). The van der Waals surface area contributed by atoms with Crippen LogP contribution in [-0.2, 0) is 0 Å². The van der Waals surface area contributed by atoms with Gasteiger partial charge in [-0.15, -0.1) is 0 Å². The highest BCUT2D eigenvalue weighted by Gasteiger charge is 2.23. The SMILES string of the molecule is Cc1cn(C2CCCC2)c(=O)n(C(=O)c2ccccc2)c1=O. The second-order valence-electron chi connectivity index (χ2n) is 5.75. The maximum atomic E-state index is 12.6. The molecule has 0 radical (unpaired) electrons. The first-order valence-corrected chi connectivity index (χ1v) is 7.54. The lowest BCUT2D eigenvalue weighted by Crippen LogP contribution is -2.45. The van der Waals surface area contributed by atoms with Gasteiger partial charge in [-0.3, -0.25) is 14.2 Å². The number of benzene rings is 1. The first-order valence-electron chi connectivity index (χ1n) is 7.54. The summed E-state index contributed by atoms with van der Waals surface area (Å²) >= 11 is 0. The second-order valence-corrected chi connectivity index (χ2v) is 5.75. The monoisotopic (exact) mass is 298 g/mol. The molecule has 0 amide bonds. The molecule has 0 N–H and O–H groups in total. The fraction of sp³-hybridized carbons (Fsp3) is 0.353. The molecule has 0 atom stereocenters. The van der Waals surface area contributed by atoms with Gasteiger partial charge in [0.05, 0.1) is 0 Å². The van der Waals surface area contributed by atoms with Crippen molar-refractivity contribution in [3.63, 3.8) is 0 Å². The summed E-state index contributed by atoms with van der Waals surface area (Å²) < 4.78 is 2.33. The van der Waals surface area contributed by atoms with Crippen molar-refractivity contribution < 1.29 is 4.79 Å². The summed E-state index contributed by atoms with van der Waals surface area (Å²) in [5.41, 5.74) is -0.314. The van der Waals surface area contributed by atoms with Crippen LogP contribution in [0.5, 0.6) is 0 Å². The predicted octanol–water partition coefficient (Wildman–Crippen LogP) is 2.12. The quantitative estimate of drug-likeness (QED) is 0.853. The van der Waals surface area contributed by atoms with E-state index in [9.17, 15) is 14.4 Å². The van der Waals surface area contributed by atoms with E-state index >= 15 is 0 Å². The Hall–Kier alpha value is -2.43. The zero-order chi connectivity index (χ0) is 15.7. The third kappa shape index (κ3) is 2.43. The van der Waals surface area contributed by atoms with Crippen LogP contribution in [0.3, 0.4) is 0 Å². The van der Waals surface area contributed by atoms with E-state index in [2.05, 4.69) is 0 Å². The Morgan fingerprint density at radius 1 is 1.09 bits per heavy atom. The van der Waals surface area contributed by atoms with E-state index in [-0.39, 0.29) is 6.04 Å². The lowest BCUT2D eigenvalue weighted by Gasteiger charge is -2.16. The summed E-state index contributed by atoms with van der Waals surface area (Å²) in [6.45, 7) is 1.64. The minimum Gasteiger partial charge on any atom is -0.297 e. The topological polar surface area (TPSA) is 61.1 Å². The van der Waals surface area contributed by atoms with Crippen LogP contribution in [0.25, 0.3) is 0 Å². The van der Waals surface area contributed by atoms with Crippen LogP contribution in [0.4, 0.5) is 0 Å². The third-order valence-electron chi connectivity index (χ3n) is 4.23. The van der Waals surface area contributed by atoms with Gasteiger partial charge in [-0.2, -0.15) is 4.57 Å². The van der Waals surface area contributed by atoms with Crippen molar-refractivity contribution in [1.29, 1.82) is 0 Å². The molecule has 0 saturated heterocycles. The predicted molar refractivity (Wildman–Crippen MR) is 83.4 cm³/mol. The number of hydrogen-bond donors (Lipinski definition) is 0. The highest BCUT2D eigenvalue weighted by molar-refractivity contribution is 5.95. The summed E-state index contributed by atoms with van der Waals surface area (Å²) in [5.74, 6) is -0.564. The minimum absolute atomic E-state index is 0.0848. The molecule has 0 unspecified atom stereocenters. The Kier molecular flexibility index (Phi) is 3.79. The van der Waals surface area contributed by atoms with E-state index in [1.165, 1.54) is 0 Å². The molecule has 0 aliphatic heterocycles. The average molecular weight is 298 g/mol. The largest absolute Gasteiger partial charge is 0.338 e. The number of carbonyl (C=O) groups is 1. The van der Waals surface area contributed by atoms with Crippen molar-refractivity contribution in [1.82, 2.24) is 9.13 Å². The van der Waals surface area contributed by atoms with Gasteiger partial charge in [0.15, 0.2) is 0 Å². The van der Waals surface area contributed by atoms with Gasteiger partial charge < -0.3 is 0 Å². The van der Waals surface area contributed by atoms with E-state index in [0.29, 0.717) is 11.1 Å². The molecular weight excluding hydrogens is 280 g/mol. The third-order valence-corrected chi connectivity index (χ3v) is 4.23. The minimum atomic E-state index is -0.564. The van der Waals surface area contributed by atoms with E-state index < -0.39 is 17.2 Å². The lowest BCUT2D eigenvalue weighted by atomic mass is 10.2. The molecule has 0 bridgehead atoms. The molecule has 114 valence electrons. The molecule has 1 aromatic carbocycles. The standard InChI is InChI=1S/C17H18N2O3/c1-12-11-18(14-9-5-6-10-14)17(22)19(15(12)20)16(21)13-7-3-2-4-8-13/h2-4,7-8,11,14H,5-6,9-10H2,1H3. The van der Waals surface area contributed by atoms with E-state index in [1.807, 2.05) is 0 Å². The van der Waals surface area contributed by atoms with Crippen LogP contribution in [0, 0.1) is 6.92 Å².